The van der Waals surface area contributed by atoms with Gasteiger partial charge in [-0.3, -0.25) is 14.5 Å². The van der Waals surface area contributed by atoms with Gasteiger partial charge in [-0.1, -0.05) is 43.2 Å². The number of carbonyl (C=O) groups excluding carboxylic acids is 1. The van der Waals surface area contributed by atoms with Gasteiger partial charge in [-0.25, -0.2) is 0 Å². The normalized spacial score (nSPS) is 31.1. The summed E-state index contributed by atoms with van der Waals surface area (Å²) in [7, 11) is 0. The minimum absolute atomic E-state index is 0.0476. The van der Waals surface area contributed by atoms with Crippen molar-refractivity contribution in [2.24, 2.45) is 17.8 Å². The highest BCUT2D eigenvalue weighted by Crippen LogP contribution is 2.47. The van der Waals surface area contributed by atoms with Crippen LogP contribution in [0.2, 0.25) is 0 Å². The molecule has 1 saturated heterocycles. The molecule has 3 unspecified atom stereocenters. The highest BCUT2D eigenvalue weighted by atomic mass is 16.4. The van der Waals surface area contributed by atoms with Crippen LogP contribution in [0, 0.1) is 17.8 Å². The zero-order valence-corrected chi connectivity index (χ0v) is 15.7. The number of hydrogen-bond donors (Lipinski definition) is 3. The van der Waals surface area contributed by atoms with Gasteiger partial charge >= 0.3 is 5.97 Å². The van der Waals surface area contributed by atoms with Gasteiger partial charge in [0.05, 0.1) is 0 Å². The minimum atomic E-state index is -1.48. The molecule has 0 bridgehead atoms. The van der Waals surface area contributed by atoms with E-state index in [1.165, 1.54) is 0 Å². The molecule has 0 aromatic heterocycles. The van der Waals surface area contributed by atoms with Gasteiger partial charge in [-0.05, 0) is 37.2 Å². The second-order valence-corrected chi connectivity index (χ2v) is 8.41. The summed E-state index contributed by atoms with van der Waals surface area (Å²) >= 11 is 0. The Morgan fingerprint density at radius 2 is 1.74 bits per heavy atom. The highest BCUT2D eigenvalue weighted by molar-refractivity contribution is 5.87. The summed E-state index contributed by atoms with van der Waals surface area (Å²) in [6, 6.07) is 8.84. The Morgan fingerprint density at radius 3 is 2.30 bits per heavy atom. The van der Waals surface area contributed by atoms with Crippen molar-refractivity contribution in [1.82, 2.24) is 10.2 Å². The van der Waals surface area contributed by atoms with Gasteiger partial charge in [0.2, 0.25) is 0 Å². The molecule has 1 heterocycles. The summed E-state index contributed by atoms with van der Waals surface area (Å²) in [4.78, 5) is 26.3. The third kappa shape index (κ3) is 3.15. The van der Waals surface area contributed by atoms with Crippen molar-refractivity contribution < 1.29 is 19.8 Å². The van der Waals surface area contributed by atoms with Crippen LogP contribution in [0.1, 0.15) is 38.2 Å². The molecule has 2 aliphatic carbocycles. The van der Waals surface area contributed by atoms with Gasteiger partial charge in [0.15, 0.2) is 5.60 Å². The van der Waals surface area contributed by atoms with E-state index in [1.807, 2.05) is 35.2 Å². The number of piperidine rings is 1. The molecule has 6 nitrogen and oxygen atoms in total. The monoisotopic (exact) mass is 372 g/mol. The minimum Gasteiger partial charge on any atom is -0.480 e. The quantitative estimate of drug-likeness (QED) is 0.705. The van der Waals surface area contributed by atoms with Crippen molar-refractivity contribution in [1.29, 1.82) is 0 Å². The molecule has 3 aliphatic rings. The van der Waals surface area contributed by atoms with Crippen LogP contribution in [-0.4, -0.2) is 52.2 Å². The van der Waals surface area contributed by atoms with Crippen molar-refractivity contribution >= 4 is 11.9 Å². The van der Waals surface area contributed by atoms with Crippen LogP contribution in [0.3, 0.4) is 0 Å². The van der Waals surface area contributed by atoms with Crippen LogP contribution in [0.25, 0.3) is 0 Å². The third-order valence-electron chi connectivity index (χ3n) is 6.93. The number of likely N-dealkylation sites (tertiary alicyclic amines) is 1. The molecule has 1 aromatic carbocycles. The molecule has 6 heteroatoms. The Bertz CT molecular complexity index is 706. The van der Waals surface area contributed by atoms with Crippen LogP contribution in [-0.2, 0) is 15.2 Å². The molecule has 3 N–H and O–H groups in total. The zero-order chi connectivity index (χ0) is 19.2. The lowest BCUT2D eigenvalue weighted by atomic mass is 9.79. The van der Waals surface area contributed by atoms with Crippen LogP contribution < -0.4 is 5.32 Å². The maximum atomic E-state index is 13.2. The predicted octanol–water partition coefficient (Wildman–Crippen LogP) is 1.58. The number of benzene rings is 1. The number of nitrogens with one attached hydrogen (secondary N) is 1. The summed E-state index contributed by atoms with van der Waals surface area (Å²) in [5, 5.41) is 23.8. The van der Waals surface area contributed by atoms with E-state index in [2.05, 4.69) is 5.32 Å². The summed E-state index contributed by atoms with van der Waals surface area (Å²) in [5.41, 5.74) is -0.816. The Morgan fingerprint density at radius 1 is 1.15 bits per heavy atom. The third-order valence-corrected chi connectivity index (χ3v) is 6.93. The van der Waals surface area contributed by atoms with Gasteiger partial charge < -0.3 is 15.5 Å². The zero-order valence-electron chi connectivity index (χ0n) is 15.7. The predicted molar refractivity (Wildman–Crippen MR) is 99.9 cm³/mol. The number of rotatable bonds is 6. The molecule has 1 aliphatic heterocycles. The van der Waals surface area contributed by atoms with E-state index >= 15 is 0 Å². The first kappa shape index (κ1) is 18.4. The van der Waals surface area contributed by atoms with E-state index in [1.54, 1.807) is 6.92 Å². The fourth-order valence-corrected chi connectivity index (χ4v) is 5.09. The number of nitrogens with zero attached hydrogens (tertiary/aromatic N) is 1. The maximum absolute atomic E-state index is 13.2. The molecule has 146 valence electrons. The maximum Gasteiger partial charge on any atom is 0.320 e. The molecular weight excluding hydrogens is 344 g/mol. The number of carboxylic acid groups (broad SMARTS) is 1. The smallest absolute Gasteiger partial charge is 0.320 e. The van der Waals surface area contributed by atoms with Gasteiger partial charge in [0, 0.05) is 25.0 Å². The Balaban J connectivity index is 1.45. The average Bonchev–Trinajstić information content (AvgIpc) is 3.11. The van der Waals surface area contributed by atoms with Crippen molar-refractivity contribution in [2.45, 2.75) is 50.3 Å². The van der Waals surface area contributed by atoms with E-state index in [4.69, 9.17) is 5.11 Å². The fourth-order valence-electron chi connectivity index (χ4n) is 5.09. The number of aliphatic carboxylic acids is 1. The first-order valence-corrected chi connectivity index (χ1v) is 9.98. The number of amides is 1. The number of hydrogen-bond acceptors (Lipinski definition) is 4. The first-order valence-electron chi connectivity index (χ1n) is 9.98. The lowest BCUT2D eigenvalue weighted by Gasteiger charge is -2.34. The van der Waals surface area contributed by atoms with E-state index in [0.717, 1.165) is 25.7 Å². The molecule has 4 rings (SSSR count). The molecule has 1 amide bonds. The molecule has 0 spiro atoms. The van der Waals surface area contributed by atoms with Crippen LogP contribution >= 0.6 is 0 Å². The largest absolute Gasteiger partial charge is 0.480 e. The standard InChI is InChI=1S/C21H28N2O4/c1-13(19(24)25)23-11-16-17(12-23)18(16)22-20(26)21(27,15-9-5-6-10-15)14-7-3-2-4-8-14/h2-4,7-8,13,15-18,27H,5-6,9-12H2,1H3,(H,22,26)(H,24,25)/t13?,16-,17+,18?,21?. The molecule has 27 heavy (non-hydrogen) atoms. The SMILES string of the molecule is CC(C(=O)O)N1C[C@@H]2C(NC(=O)C(O)(c3ccccc3)C3CCCC3)[C@@H]2C1. The van der Waals surface area contributed by atoms with Crippen molar-refractivity contribution in [2.75, 3.05) is 13.1 Å². The van der Waals surface area contributed by atoms with Crippen molar-refractivity contribution in [3.05, 3.63) is 35.9 Å². The number of carbonyl (C=O) groups is 2. The summed E-state index contributed by atoms with van der Waals surface area (Å²) in [5.74, 6) is -0.574. The topological polar surface area (TPSA) is 89.9 Å². The first-order chi connectivity index (χ1) is 12.9. The molecule has 5 atom stereocenters. The van der Waals surface area contributed by atoms with E-state index in [-0.39, 0.29) is 17.9 Å². The van der Waals surface area contributed by atoms with Gasteiger partial charge in [0.25, 0.3) is 5.91 Å². The molecular formula is C21H28N2O4. The van der Waals surface area contributed by atoms with Crippen LogP contribution in [0.4, 0.5) is 0 Å². The van der Waals surface area contributed by atoms with Crippen molar-refractivity contribution in [3.63, 3.8) is 0 Å². The highest BCUT2D eigenvalue weighted by Gasteiger charge is 2.59. The lowest BCUT2D eigenvalue weighted by molar-refractivity contribution is -0.148. The average molecular weight is 372 g/mol. The van der Waals surface area contributed by atoms with E-state index in [9.17, 15) is 14.7 Å². The van der Waals surface area contributed by atoms with Crippen LogP contribution in [0.5, 0.6) is 0 Å². The summed E-state index contributed by atoms with van der Waals surface area (Å²) < 4.78 is 0. The Kier molecular flexibility index (Phi) is 4.72. The fraction of sp³-hybridized carbons (Fsp3) is 0.619. The van der Waals surface area contributed by atoms with Gasteiger partial charge in [-0.15, -0.1) is 0 Å². The summed E-state index contributed by atoms with van der Waals surface area (Å²) in [6.07, 6.45) is 3.81. The second kappa shape index (κ2) is 6.91. The Labute approximate surface area is 159 Å². The second-order valence-electron chi connectivity index (χ2n) is 8.41. The summed E-state index contributed by atoms with van der Waals surface area (Å²) in [6.45, 7) is 3.08. The Hall–Kier alpha value is -1.92. The molecule has 2 saturated carbocycles. The molecule has 1 aromatic rings. The number of fused-ring (bicyclic) bond motifs is 1. The van der Waals surface area contributed by atoms with Gasteiger partial charge in [0.1, 0.15) is 6.04 Å². The van der Waals surface area contributed by atoms with E-state index in [0.29, 0.717) is 30.5 Å². The number of aliphatic hydroxyl groups is 1. The van der Waals surface area contributed by atoms with Crippen LogP contribution in [0.15, 0.2) is 30.3 Å². The number of carboxylic acids is 1. The van der Waals surface area contributed by atoms with Gasteiger partial charge in [-0.2, -0.15) is 0 Å². The lowest BCUT2D eigenvalue weighted by Crippen LogP contribution is -2.51. The van der Waals surface area contributed by atoms with E-state index < -0.39 is 17.6 Å². The molecule has 0 radical (unpaired) electrons. The van der Waals surface area contributed by atoms with Crippen molar-refractivity contribution in [3.8, 4) is 0 Å². The molecule has 3 fully saturated rings.